The number of anilines is 1. The Kier molecular flexibility index (Phi) is 6.13. The fourth-order valence-corrected chi connectivity index (χ4v) is 3.37. The van der Waals surface area contributed by atoms with Crippen molar-refractivity contribution in [3.8, 4) is 5.75 Å². The van der Waals surface area contributed by atoms with E-state index in [1.165, 1.54) is 0 Å². The standard InChI is InChI=1S/C22H26N6O3/c1-15(2)31-20-12-18-16(14-27(26-18)8-4-5-10-30-3)11-17(20)22(29)25-19-13-24-28-9-6-7-23-21(19)28/h6-7,9,11-15H,4-5,8,10H2,1-3H3,(H,25,29). The van der Waals surface area contributed by atoms with Gasteiger partial charge < -0.3 is 14.8 Å². The van der Waals surface area contributed by atoms with Gasteiger partial charge in [0.2, 0.25) is 0 Å². The van der Waals surface area contributed by atoms with Gasteiger partial charge in [-0.2, -0.15) is 10.2 Å². The van der Waals surface area contributed by atoms with Crippen molar-refractivity contribution in [2.24, 2.45) is 0 Å². The molecule has 1 aromatic carbocycles. The molecule has 0 saturated carbocycles. The molecular formula is C22H26N6O3. The fourth-order valence-electron chi connectivity index (χ4n) is 3.37. The number of methoxy groups -OCH3 is 1. The van der Waals surface area contributed by atoms with E-state index in [2.05, 4.69) is 20.5 Å². The monoisotopic (exact) mass is 422 g/mol. The Labute approximate surface area is 180 Å². The molecule has 0 radical (unpaired) electrons. The van der Waals surface area contributed by atoms with Crippen LogP contribution in [-0.4, -0.2) is 50.1 Å². The average molecular weight is 422 g/mol. The van der Waals surface area contributed by atoms with E-state index in [0.29, 0.717) is 22.6 Å². The average Bonchev–Trinajstić information content (AvgIpc) is 3.33. The van der Waals surface area contributed by atoms with Crippen molar-refractivity contribution in [2.45, 2.75) is 39.3 Å². The summed E-state index contributed by atoms with van der Waals surface area (Å²) < 4.78 is 14.6. The van der Waals surface area contributed by atoms with Gasteiger partial charge in [0.25, 0.3) is 5.91 Å². The quantitative estimate of drug-likeness (QED) is 0.415. The number of rotatable bonds is 9. The highest BCUT2D eigenvalue weighted by molar-refractivity contribution is 6.09. The maximum atomic E-state index is 13.2. The highest BCUT2D eigenvalue weighted by Crippen LogP contribution is 2.28. The van der Waals surface area contributed by atoms with E-state index >= 15 is 0 Å². The number of carbonyl (C=O) groups excluding carboxylic acids is 1. The lowest BCUT2D eigenvalue weighted by Gasteiger charge is -2.14. The summed E-state index contributed by atoms with van der Waals surface area (Å²) in [6.45, 7) is 5.37. The number of carbonyl (C=O) groups is 1. The van der Waals surface area contributed by atoms with Crippen LogP contribution in [0.1, 0.15) is 37.0 Å². The molecule has 4 aromatic rings. The number of fused-ring (bicyclic) bond motifs is 2. The molecule has 0 aliphatic rings. The van der Waals surface area contributed by atoms with Crippen LogP contribution in [0.2, 0.25) is 0 Å². The van der Waals surface area contributed by atoms with Gasteiger partial charge in [-0.05, 0) is 38.8 Å². The van der Waals surface area contributed by atoms with E-state index < -0.39 is 0 Å². The molecule has 1 amide bonds. The zero-order chi connectivity index (χ0) is 21.8. The molecular weight excluding hydrogens is 396 g/mol. The molecule has 0 aliphatic heterocycles. The fraction of sp³-hybridized carbons (Fsp3) is 0.364. The maximum Gasteiger partial charge on any atom is 0.259 e. The van der Waals surface area contributed by atoms with Crippen molar-refractivity contribution in [2.75, 3.05) is 19.0 Å². The molecule has 0 spiro atoms. The topological polar surface area (TPSA) is 95.6 Å². The first-order chi connectivity index (χ1) is 15.0. The minimum absolute atomic E-state index is 0.0845. The van der Waals surface area contributed by atoms with E-state index in [0.717, 1.165) is 36.9 Å². The van der Waals surface area contributed by atoms with Gasteiger partial charge in [0.05, 0.1) is 23.4 Å². The zero-order valence-corrected chi connectivity index (χ0v) is 17.9. The molecule has 9 nitrogen and oxygen atoms in total. The van der Waals surface area contributed by atoms with Gasteiger partial charge in [-0.3, -0.25) is 9.48 Å². The SMILES string of the molecule is COCCCCn1cc2cc(C(=O)Nc3cnn4cccnc34)c(OC(C)C)cc2n1. The summed E-state index contributed by atoms with van der Waals surface area (Å²) in [7, 11) is 1.70. The van der Waals surface area contributed by atoms with Crippen LogP contribution in [0.4, 0.5) is 5.69 Å². The number of nitrogens with zero attached hydrogens (tertiary/aromatic N) is 5. The molecule has 4 rings (SSSR count). The molecule has 1 N–H and O–H groups in total. The van der Waals surface area contributed by atoms with E-state index in [1.807, 2.05) is 36.9 Å². The number of ether oxygens (including phenoxy) is 2. The van der Waals surface area contributed by atoms with Crippen LogP contribution in [0.15, 0.2) is 43.0 Å². The summed E-state index contributed by atoms with van der Waals surface area (Å²) in [6, 6.07) is 5.42. The maximum absolute atomic E-state index is 13.2. The molecule has 0 bridgehead atoms. The lowest BCUT2D eigenvalue weighted by Crippen LogP contribution is -2.16. The van der Waals surface area contributed by atoms with Crippen molar-refractivity contribution in [1.29, 1.82) is 0 Å². The number of unbranched alkanes of at least 4 members (excludes halogenated alkanes) is 1. The predicted octanol–water partition coefficient (Wildman–Crippen LogP) is 3.55. The highest BCUT2D eigenvalue weighted by atomic mass is 16.5. The van der Waals surface area contributed by atoms with Crippen molar-refractivity contribution >= 4 is 28.1 Å². The minimum Gasteiger partial charge on any atom is -0.490 e. The first-order valence-corrected chi connectivity index (χ1v) is 10.3. The lowest BCUT2D eigenvalue weighted by molar-refractivity contribution is 0.102. The lowest BCUT2D eigenvalue weighted by atomic mass is 10.1. The van der Waals surface area contributed by atoms with Crippen molar-refractivity contribution in [3.63, 3.8) is 0 Å². The number of nitrogens with one attached hydrogen (secondary N) is 1. The highest BCUT2D eigenvalue weighted by Gasteiger charge is 2.19. The number of benzene rings is 1. The van der Waals surface area contributed by atoms with Crippen LogP contribution in [-0.2, 0) is 11.3 Å². The number of aromatic nitrogens is 5. The second-order valence-electron chi connectivity index (χ2n) is 7.57. The van der Waals surface area contributed by atoms with Crippen LogP contribution in [0.5, 0.6) is 5.75 Å². The van der Waals surface area contributed by atoms with Crippen molar-refractivity contribution in [3.05, 3.63) is 48.5 Å². The minimum atomic E-state index is -0.286. The van der Waals surface area contributed by atoms with Gasteiger partial charge in [-0.25, -0.2) is 9.50 Å². The zero-order valence-electron chi connectivity index (χ0n) is 17.9. The van der Waals surface area contributed by atoms with Gasteiger partial charge in [-0.15, -0.1) is 0 Å². The van der Waals surface area contributed by atoms with Crippen LogP contribution in [0.25, 0.3) is 16.6 Å². The van der Waals surface area contributed by atoms with Crippen LogP contribution < -0.4 is 10.1 Å². The summed E-state index contributed by atoms with van der Waals surface area (Å²) in [4.78, 5) is 17.4. The molecule has 0 unspecified atom stereocenters. The van der Waals surface area contributed by atoms with Gasteiger partial charge in [0.1, 0.15) is 11.4 Å². The molecule has 162 valence electrons. The molecule has 0 atom stereocenters. The third kappa shape index (κ3) is 4.66. The number of amides is 1. The van der Waals surface area contributed by atoms with Crippen molar-refractivity contribution in [1.82, 2.24) is 24.4 Å². The van der Waals surface area contributed by atoms with E-state index in [1.54, 1.807) is 36.3 Å². The Balaban J connectivity index is 1.63. The third-order valence-corrected chi connectivity index (χ3v) is 4.77. The molecule has 31 heavy (non-hydrogen) atoms. The molecule has 3 heterocycles. The Morgan fingerprint density at radius 1 is 1.26 bits per heavy atom. The Morgan fingerprint density at radius 2 is 2.13 bits per heavy atom. The largest absolute Gasteiger partial charge is 0.490 e. The molecule has 0 fully saturated rings. The van der Waals surface area contributed by atoms with Gasteiger partial charge >= 0.3 is 0 Å². The summed E-state index contributed by atoms with van der Waals surface area (Å²) >= 11 is 0. The normalized spacial score (nSPS) is 11.5. The number of aryl methyl sites for hydroxylation is 1. The number of hydrogen-bond donors (Lipinski definition) is 1. The van der Waals surface area contributed by atoms with E-state index in [-0.39, 0.29) is 12.0 Å². The van der Waals surface area contributed by atoms with Crippen molar-refractivity contribution < 1.29 is 14.3 Å². The van der Waals surface area contributed by atoms with Crippen LogP contribution >= 0.6 is 0 Å². The first-order valence-electron chi connectivity index (χ1n) is 10.3. The van der Waals surface area contributed by atoms with Crippen LogP contribution in [0.3, 0.4) is 0 Å². The van der Waals surface area contributed by atoms with E-state index in [9.17, 15) is 4.79 Å². The molecule has 3 aromatic heterocycles. The molecule has 0 aliphatic carbocycles. The van der Waals surface area contributed by atoms with E-state index in [4.69, 9.17) is 9.47 Å². The Bertz CT molecular complexity index is 1200. The predicted molar refractivity (Wildman–Crippen MR) is 118 cm³/mol. The summed E-state index contributed by atoms with van der Waals surface area (Å²) in [5, 5.41) is 12.6. The summed E-state index contributed by atoms with van der Waals surface area (Å²) in [5.41, 5.74) is 2.34. The van der Waals surface area contributed by atoms with Gasteiger partial charge in [0, 0.05) is 50.3 Å². The number of hydrogen-bond acceptors (Lipinski definition) is 6. The Hall–Kier alpha value is -3.46. The second kappa shape index (κ2) is 9.13. The van der Waals surface area contributed by atoms with Gasteiger partial charge in [-0.1, -0.05) is 0 Å². The molecule has 9 heteroatoms. The second-order valence-corrected chi connectivity index (χ2v) is 7.57. The first kappa shape index (κ1) is 20.8. The Morgan fingerprint density at radius 3 is 2.94 bits per heavy atom. The summed E-state index contributed by atoms with van der Waals surface area (Å²) in [6.07, 6.45) is 8.82. The summed E-state index contributed by atoms with van der Waals surface area (Å²) in [5.74, 6) is 0.208. The van der Waals surface area contributed by atoms with Crippen LogP contribution in [0, 0.1) is 0 Å². The smallest absolute Gasteiger partial charge is 0.259 e. The molecule has 0 saturated heterocycles. The van der Waals surface area contributed by atoms with Gasteiger partial charge in [0.15, 0.2) is 5.65 Å². The third-order valence-electron chi connectivity index (χ3n) is 4.77.